The van der Waals surface area contributed by atoms with Crippen LogP contribution in [0, 0.1) is 5.92 Å². The van der Waals surface area contributed by atoms with Crippen LogP contribution < -0.4 is 0 Å². The van der Waals surface area contributed by atoms with Gasteiger partial charge in [-0.2, -0.15) is 0 Å². The van der Waals surface area contributed by atoms with Crippen LogP contribution in [0.5, 0.6) is 0 Å². The van der Waals surface area contributed by atoms with Crippen molar-refractivity contribution >= 4 is 6.09 Å². The van der Waals surface area contributed by atoms with Crippen molar-refractivity contribution in [2.24, 2.45) is 5.92 Å². The van der Waals surface area contributed by atoms with Crippen LogP contribution in [0.4, 0.5) is 4.79 Å². The highest BCUT2D eigenvalue weighted by Crippen LogP contribution is 2.44. The Kier molecular flexibility index (Phi) is 4.83. The first-order valence-electron chi connectivity index (χ1n) is 9.67. The molecule has 1 amide bonds. The summed E-state index contributed by atoms with van der Waals surface area (Å²) in [6, 6.07) is 7.94. The summed E-state index contributed by atoms with van der Waals surface area (Å²) >= 11 is 0. The minimum atomic E-state index is -1.23. The first kappa shape index (κ1) is 17.9. The number of aryl methyl sites for hydroxylation is 2. The molecule has 0 radical (unpaired) electrons. The van der Waals surface area contributed by atoms with Gasteiger partial charge in [0.1, 0.15) is 0 Å². The van der Waals surface area contributed by atoms with Crippen molar-refractivity contribution in [2.45, 2.75) is 38.2 Å². The number of ether oxygens (including phenoxy) is 1. The summed E-state index contributed by atoms with van der Waals surface area (Å²) in [7, 11) is 0. The molecule has 0 saturated carbocycles. The summed E-state index contributed by atoms with van der Waals surface area (Å²) < 4.78 is 5.12. The van der Waals surface area contributed by atoms with Gasteiger partial charge in [0.2, 0.25) is 0 Å². The van der Waals surface area contributed by atoms with E-state index in [2.05, 4.69) is 9.97 Å². The maximum absolute atomic E-state index is 12.0. The maximum Gasteiger partial charge on any atom is 0.409 e. The Hall–Kier alpha value is -2.47. The standard InChI is InChI=1S/C21H25N3O3/c1-2-27-20(25)24-13-9-17(10-14-24)21(26)18-15(5-3-11-22-18)7-8-16-6-4-12-23-19(16)21/h3-6,11-12,17,26H,2,7-10,13-14H2,1H3. The molecule has 142 valence electrons. The Morgan fingerprint density at radius 1 is 1.15 bits per heavy atom. The number of aliphatic hydroxyl groups is 1. The third kappa shape index (κ3) is 3.08. The first-order chi connectivity index (χ1) is 13.1. The summed E-state index contributed by atoms with van der Waals surface area (Å²) in [5.41, 5.74) is 2.36. The van der Waals surface area contributed by atoms with Crippen LogP contribution in [0.1, 0.15) is 42.3 Å². The average molecular weight is 367 g/mol. The van der Waals surface area contributed by atoms with E-state index in [0.717, 1.165) is 35.4 Å². The minimum Gasteiger partial charge on any atom is -0.450 e. The predicted molar refractivity (Wildman–Crippen MR) is 100 cm³/mol. The fraction of sp³-hybridized carbons (Fsp3) is 0.476. The summed E-state index contributed by atoms with van der Waals surface area (Å²) in [4.78, 5) is 22.9. The lowest BCUT2D eigenvalue weighted by atomic mass is 9.74. The molecular formula is C21H25N3O3. The summed E-state index contributed by atoms with van der Waals surface area (Å²) in [6.45, 7) is 3.31. The predicted octanol–water partition coefficient (Wildman–Crippen LogP) is 2.68. The van der Waals surface area contributed by atoms with Gasteiger partial charge in [0.25, 0.3) is 0 Å². The molecule has 2 aromatic rings. The number of piperidine rings is 1. The first-order valence-corrected chi connectivity index (χ1v) is 9.67. The Labute approximate surface area is 159 Å². The molecule has 6 nitrogen and oxygen atoms in total. The zero-order valence-corrected chi connectivity index (χ0v) is 15.6. The van der Waals surface area contributed by atoms with Gasteiger partial charge in [-0.1, -0.05) is 12.1 Å². The monoisotopic (exact) mass is 367 g/mol. The lowest BCUT2D eigenvalue weighted by molar-refractivity contribution is -0.0209. The van der Waals surface area contributed by atoms with Crippen LogP contribution in [-0.4, -0.2) is 45.8 Å². The largest absolute Gasteiger partial charge is 0.450 e. The molecule has 27 heavy (non-hydrogen) atoms. The molecule has 1 N–H and O–H groups in total. The Morgan fingerprint density at radius 3 is 2.22 bits per heavy atom. The zero-order chi connectivity index (χ0) is 18.9. The molecular weight excluding hydrogens is 342 g/mol. The fourth-order valence-corrected chi connectivity index (χ4v) is 4.43. The number of nitrogens with zero attached hydrogens (tertiary/aromatic N) is 3. The highest BCUT2D eigenvalue weighted by Gasteiger charge is 2.47. The number of hydrogen-bond acceptors (Lipinski definition) is 5. The minimum absolute atomic E-state index is 0.0522. The third-order valence-electron chi connectivity index (χ3n) is 5.78. The Bertz CT molecular complexity index is 783. The molecule has 4 rings (SSSR count). The Balaban J connectivity index is 1.70. The van der Waals surface area contributed by atoms with Gasteiger partial charge in [0.15, 0.2) is 5.60 Å². The number of likely N-dealkylation sites (tertiary alicyclic amines) is 1. The van der Waals surface area contributed by atoms with Gasteiger partial charge in [-0.05, 0) is 55.9 Å². The topological polar surface area (TPSA) is 75.5 Å². The average Bonchev–Trinajstić information content (AvgIpc) is 2.84. The van der Waals surface area contributed by atoms with Crippen molar-refractivity contribution in [3.8, 4) is 0 Å². The molecule has 0 atom stereocenters. The lowest BCUT2D eigenvalue weighted by Gasteiger charge is -2.41. The van der Waals surface area contributed by atoms with E-state index in [0.29, 0.717) is 32.5 Å². The zero-order valence-electron chi connectivity index (χ0n) is 15.6. The summed E-state index contributed by atoms with van der Waals surface area (Å²) in [5, 5.41) is 12.0. The quantitative estimate of drug-likeness (QED) is 0.883. The normalized spacial score (nSPS) is 19.0. The fourth-order valence-electron chi connectivity index (χ4n) is 4.43. The molecule has 1 aliphatic carbocycles. The Morgan fingerprint density at radius 2 is 1.70 bits per heavy atom. The number of hydrogen-bond donors (Lipinski definition) is 1. The molecule has 0 spiro atoms. The third-order valence-corrected chi connectivity index (χ3v) is 5.78. The SMILES string of the molecule is CCOC(=O)N1CCC(C2(O)c3ncccc3CCc3cccnc32)CC1. The molecule has 3 heterocycles. The number of rotatable bonds is 2. The van der Waals surface area contributed by atoms with Crippen LogP contribution in [0.3, 0.4) is 0 Å². The van der Waals surface area contributed by atoms with Crippen LogP contribution in [-0.2, 0) is 23.2 Å². The highest BCUT2D eigenvalue weighted by molar-refractivity contribution is 5.67. The maximum atomic E-state index is 12.0. The molecule has 1 fully saturated rings. The van der Waals surface area contributed by atoms with E-state index in [1.807, 2.05) is 31.2 Å². The van der Waals surface area contributed by atoms with Crippen molar-refractivity contribution in [3.63, 3.8) is 0 Å². The van der Waals surface area contributed by atoms with E-state index in [1.54, 1.807) is 17.3 Å². The van der Waals surface area contributed by atoms with Gasteiger partial charge >= 0.3 is 6.09 Å². The highest BCUT2D eigenvalue weighted by atomic mass is 16.6. The lowest BCUT2D eigenvalue weighted by Crippen LogP contribution is -2.47. The van der Waals surface area contributed by atoms with Crippen molar-refractivity contribution in [2.75, 3.05) is 19.7 Å². The summed E-state index contributed by atoms with van der Waals surface area (Å²) in [5.74, 6) is -0.0522. The number of amides is 1. The van der Waals surface area contributed by atoms with E-state index < -0.39 is 5.60 Å². The van der Waals surface area contributed by atoms with Crippen molar-refractivity contribution in [3.05, 3.63) is 59.2 Å². The van der Waals surface area contributed by atoms with Gasteiger partial charge in [-0.25, -0.2) is 4.79 Å². The number of fused-ring (bicyclic) bond motifs is 2. The molecule has 0 unspecified atom stereocenters. The number of aromatic nitrogens is 2. The second-order valence-electron chi connectivity index (χ2n) is 7.25. The van der Waals surface area contributed by atoms with Crippen LogP contribution >= 0.6 is 0 Å². The number of carbonyl (C=O) groups is 1. The van der Waals surface area contributed by atoms with E-state index >= 15 is 0 Å². The van der Waals surface area contributed by atoms with E-state index in [4.69, 9.17) is 4.74 Å². The molecule has 2 aromatic heterocycles. The molecule has 0 bridgehead atoms. The van der Waals surface area contributed by atoms with Crippen LogP contribution in [0.2, 0.25) is 0 Å². The van der Waals surface area contributed by atoms with Crippen LogP contribution in [0.25, 0.3) is 0 Å². The second-order valence-corrected chi connectivity index (χ2v) is 7.25. The molecule has 1 aliphatic heterocycles. The van der Waals surface area contributed by atoms with Gasteiger partial charge in [0, 0.05) is 31.4 Å². The second kappa shape index (κ2) is 7.27. The number of carbonyl (C=O) groups excluding carboxylic acids is 1. The van der Waals surface area contributed by atoms with Gasteiger partial charge in [0.05, 0.1) is 18.0 Å². The number of pyridine rings is 2. The molecule has 6 heteroatoms. The van der Waals surface area contributed by atoms with E-state index in [9.17, 15) is 9.90 Å². The van der Waals surface area contributed by atoms with Gasteiger partial charge in [-0.3, -0.25) is 9.97 Å². The van der Waals surface area contributed by atoms with E-state index in [-0.39, 0.29) is 12.0 Å². The molecule has 0 aromatic carbocycles. The van der Waals surface area contributed by atoms with Crippen LogP contribution in [0.15, 0.2) is 36.7 Å². The summed E-state index contributed by atoms with van der Waals surface area (Å²) in [6.07, 6.45) is 6.25. The smallest absolute Gasteiger partial charge is 0.409 e. The van der Waals surface area contributed by atoms with Crippen molar-refractivity contribution in [1.29, 1.82) is 0 Å². The van der Waals surface area contributed by atoms with Crippen molar-refractivity contribution < 1.29 is 14.6 Å². The van der Waals surface area contributed by atoms with Gasteiger partial charge < -0.3 is 14.7 Å². The van der Waals surface area contributed by atoms with E-state index in [1.165, 1.54) is 0 Å². The van der Waals surface area contributed by atoms with Gasteiger partial charge in [-0.15, -0.1) is 0 Å². The molecule has 2 aliphatic rings. The molecule has 1 saturated heterocycles. The van der Waals surface area contributed by atoms with Crippen molar-refractivity contribution in [1.82, 2.24) is 14.9 Å².